The monoisotopic (exact) mass is 154 g/mol. The second-order valence-electron chi connectivity index (χ2n) is 4.18. The van der Waals surface area contributed by atoms with Crippen molar-refractivity contribution in [2.75, 3.05) is 20.1 Å². The smallest absolute Gasteiger partial charge is 0.0270 e. The number of hydrogen-bond donors (Lipinski definition) is 0. The van der Waals surface area contributed by atoms with Crippen LogP contribution in [0.4, 0.5) is 0 Å². The standard InChI is InChI=1S/C9H18N2/c1-7(2)11-5-4-10(3)8-6-9(8)11/h7-9H,4-6H2,1-3H3/t8-,9+/m1/s1. The molecule has 0 amide bonds. The van der Waals surface area contributed by atoms with Crippen molar-refractivity contribution in [1.29, 1.82) is 0 Å². The van der Waals surface area contributed by atoms with Crippen LogP contribution in [0.3, 0.4) is 0 Å². The van der Waals surface area contributed by atoms with Gasteiger partial charge in [-0.1, -0.05) is 0 Å². The van der Waals surface area contributed by atoms with Crippen molar-refractivity contribution in [3.63, 3.8) is 0 Å². The SMILES string of the molecule is CC(C)N1CCN(C)[C@@H]2C[C@@H]21. The molecule has 0 radical (unpaired) electrons. The van der Waals surface area contributed by atoms with E-state index in [1.54, 1.807) is 0 Å². The number of fused-ring (bicyclic) bond motifs is 1. The third kappa shape index (κ3) is 1.18. The summed E-state index contributed by atoms with van der Waals surface area (Å²) < 4.78 is 0. The molecule has 1 aliphatic heterocycles. The van der Waals surface area contributed by atoms with E-state index in [0.717, 1.165) is 18.1 Å². The second-order valence-corrected chi connectivity index (χ2v) is 4.18. The van der Waals surface area contributed by atoms with Gasteiger partial charge in [-0.2, -0.15) is 0 Å². The van der Waals surface area contributed by atoms with Gasteiger partial charge in [-0.15, -0.1) is 0 Å². The Morgan fingerprint density at radius 3 is 2.55 bits per heavy atom. The highest BCUT2D eigenvalue weighted by atomic mass is 15.4. The van der Waals surface area contributed by atoms with Crippen molar-refractivity contribution in [3.8, 4) is 0 Å². The summed E-state index contributed by atoms with van der Waals surface area (Å²) in [6, 6.07) is 2.54. The summed E-state index contributed by atoms with van der Waals surface area (Å²) in [5.41, 5.74) is 0. The Labute approximate surface area is 69.2 Å². The first-order chi connectivity index (χ1) is 5.20. The van der Waals surface area contributed by atoms with E-state index in [0.29, 0.717) is 0 Å². The van der Waals surface area contributed by atoms with Crippen LogP contribution in [0.1, 0.15) is 20.3 Å². The fourth-order valence-electron chi connectivity index (χ4n) is 2.24. The van der Waals surface area contributed by atoms with E-state index < -0.39 is 0 Å². The van der Waals surface area contributed by atoms with E-state index in [2.05, 4.69) is 30.7 Å². The number of nitrogens with zero attached hydrogens (tertiary/aromatic N) is 2. The first-order valence-corrected chi connectivity index (χ1v) is 4.66. The van der Waals surface area contributed by atoms with Crippen LogP contribution in [0.25, 0.3) is 0 Å². The fourth-order valence-corrected chi connectivity index (χ4v) is 2.24. The number of rotatable bonds is 1. The number of hydrogen-bond acceptors (Lipinski definition) is 2. The van der Waals surface area contributed by atoms with Crippen LogP contribution in [0.2, 0.25) is 0 Å². The minimum absolute atomic E-state index is 0.749. The van der Waals surface area contributed by atoms with Gasteiger partial charge in [-0.25, -0.2) is 0 Å². The third-order valence-electron chi connectivity index (χ3n) is 3.09. The summed E-state index contributed by atoms with van der Waals surface area (Å²) in [6.45, 7) is 7.15. The Balaban J connectivity index is 1.97. The highest BCUT2D eigenvalue weighted by molar-refractivity contribution is 5.05. The summed E-state index contributed by atoms with van der Waals surface area (Å²) in [5.74, 6) is 0. The van der Waals surface area contributed by atoms with Gasteiger partial charge in [-0.05, 0) is 27.3 Å². The molecule has 64 valence electrons. The van der Waals surface area contributed by atoms with Crippen molar-refractivity contribution < 1.29 is 0 Å². The van der Waals surface area contributed by atoms with Crippen LogP contribution < -0.4 is 0 Å². The van der Waals surface area contributed by atoms with E-state index in [1.165, 1.54) is 19.5 Å². The van der Waals surface area contributed by atoms with Crippen molar-refractivity contribution >= 4 is 0 Å². The molecule has 2 fully saturated rings. The normalized spacial score (nSPS) is 39.3. The maximum Gasteiger partial charge on any atom is 0.0270 e. The molecule has 1 aliphatic carbocycles. The molecule has 0 N–H and O–H groups in total. The van der Waals surface area contributed by atoms with E-state index in [1.807, 2.05) is 0 Å². The zero-order valence-electron chi connectivity index (χ0n) is 7.75. The van der Waals surface area contributed by atoms with E-state index >= 15 is 0 Å². The first-order valence-electron chi connectivity index (χ1n) is 4.66. The van der Waals surface area contributed by atoms with Crippen LogP contribution in [0.5, 0.6) is 0 Å². The van der Waals surface area contributed by atoms with Crippen LogP contribution in [-0.2, 0) is 0 Å². The molecule has 0 aromatic heterocycles. The zero-order chi connectivity index (χ0) is 8.01. The fraction of sp³-hybridized carbons (Fsp3) is 1.00. The summed E-state index contributed by atoms with van der Waals surface area (Å²) in [5, 5.41) is 0. The maximum atomic E-state index is 2.64. The van der Waals surface area contributed by atoms with Gasteiger partial charge in [0.25, 0.3) is 0 Å². The average molecular weight is 154 g/mol. The summed E-state index contributed by atoms with van der Waals surface area (Å²) in [6.07, 6.45) is 1.41. The topological polar surface area (TPSA) is 6.48 Å². The first kappa shape index (κ1) is 7.56. The lowest BCUT2D eigenvalue weighted by atomic mass is 10.2. The lowest BCUT2D eigenvalue weighted by Crippen LogP contribution is -2.47. The summed E-state index contributed by atoms with van der Waals surface area (Å²) >= 11 is 0. The third-order valence-corrected chi connectivity index (χ3v) is 3.09. The van der Waals surface area contributed by atoms with E-state index in [9.17, 15) is 0 Å². The highest BCUT2D eigenvalue weighted by Gasteiger charge is 2.47. The van der Waals surface area contributed by atoms with E-state index in [-0.39, 0.29) is 0 Å². The molecule has 2 rings (SSSR count). The molecule has 0 aromatic carbocycles. The predicted octanol–water partition coefficient (Wildman–Crippen LogP) is 0.783. The van der Waals surface area contributed by atoms with Crippen molar-refractivity contribution in [3.05, 3.63) is 0 Å². The molecule has 0 aromatic rings. The van der Waals surface area contributed by atoms with Crippen LogP contribution >= 0.6 is 0 Å². The van der Waals surface area contributed by atoms with Gasteiger partial charge in [0.1, 0.15) is 0 Å². The molecule has 0 spiro atoms. The molecule has 2 heteroatoms. The van der Waals surface area contributed by atoms with Crippen molar-refractivity contribution in [2.45, 2.75) is 38.4 Å². The Morgan fingerprint density at radius 2 is 1.91 bits per heavy atom. The Morgan fingerprint density at radius 1 is 1.18 bits per heavy atom. The summed E-state index contributed by atoms with van der Waals surface area (Å²) in [7, 11) is 2.25. The molecule has 1 saturated heterocycles. The van der Waals surface area contributed by atoms with Gasteiger partial charge in [0.15, 0.2) is 0 Å². The maximum absolute atomic E-state index is 2.64. The largest absolute Gasteiger partial charge is 0.301 e. The van der Waals surface area contributed by atoms with Crippen LogP contribution in [0, 0.1) is 0 Å². The molecule has 2 atom stereocenters. The molecule has 2 aliphatic rings. The Bertz CT molecular complexity index is 156. The molecule has 0 unspecified atom stereocenters. The Hall–Kier alpha value is -0.0800. The van der Waals surface area contributed by atoms with Gasteiger partial charge >= 0.3 is 0 Å². The molecule has 2 nitrogen and oxygen atoms in total. The lowest BCUT2D eigenvalue weighted by Gasteiger charge is -2.34. The quantitative estimate of drug-likeness (QED) is 0.551. The average Bonchev–Trinajstić information content (AvgIpc) is 2.66. The van der Waals surface area contributed by atoms with Crippen molar-refractivity contribution in [2.24, 2.45) is 0 Å². The van der Waals surface area contributed by atoms with Gasteiger partial charge in [0.2, 0.25) is 0 Å². The van der Waals surface area contributed by atoms with Gasteiger partial charge in [-0.3, -0.25) is 4.90 Å². The Kier molecular flexibility index (Phi) is 1.69. The number of likely N-dealkylation sites (N-methyl/N-ethyl adjacent to an activating group) is 1. The minimum atomic E-state index is 0.749. The minimum Gasteiger partial charge on any atom is -0.301 e. The van der Waals surface area contributed by atoms with Gasteiger partial charge in [0.05, 0.1) is 0 Å². The molecular formula is C9H18N2. The number of piperazine rings is 1. The highest BCUT2D eigenvalue weighted by Crippen LogP contribution is 2.36. The summed E-state index contributed by atoms with van der Waals surface area (Å²) in [4.78, 5) is 5.15. The molecule has 11 heavy (non-hydrogen) atoms. The molecule has 1 saturated carbocycles. The predicted molar refractivity (Wildman–Crippen MR) is 46.7 cm³/mol. The van der Waals surface area contributed by atoms with Crippen LogP contribution in [0.15, 0.2) is 0 Å². The zero-order valence-corrected chi connectivity index (χ0v) is 7.75. The van der Waals surface area contributed by atoms with Gasteiger partial charge in [0, 0.05) is 31.2 Å². The molecule has 0 bridgehead atoms. The second kappa shape index (κ2) is 2.46. The van der Waals surface area contributed by atoms with Gasteiger partial charge < -0.3 is 4.90 Å². The van der Waals surface area contributed by atoms with E-state index in [4.69, 9.17) is 0 Å². The van der Waals surface area contributed by atoms with Crippen molar-refractivity contribution in [1.82, 2.24) is 9.80 Å². The lowest BCUT2D eigenvalue weighted by molar-refractivity contribution is 0.121. The molecular weight excluding hydrogens is 136 g/mol. The molecule has 1 heterocycles. The van der Waals surface area contributed by atoms with Crippen LogP contribution in [-0.4, -0.2) is 48.1 Å².